The van der Waals surface area contributed by atoms with Gasteiger partial charge in [0.05, 0.1) is 24.7 Å². The lowest BCUT2D eigenvalue weighted by atomic mass is 9.91. The topological polar surface area (TPSA) is 74.2 Å². The van der Waals surface area contributed by atoms with Crippen LogP contribution in [0.4, 0.5) is 13.2 Å². The second-order valence-electron chi connectivity index (χ2n) is 10.5. The van der Waals surface area contributed by atoms with Crippen LogP contribution in [0.1, 0.15) is 60.0 Å². The summed E-state index contributed by atoms with van der Waals surface area (Å²) in [5.41, 5.74) is 2.16. The standard InChI is InChI=1S/C31H29F3O6/c32-31(33,34)26-11-9-24-25(30(26)18-3-5-20(6-4-18)38-17-22-2-1-13-37-22)10-12-27(24)40-21-7-8-23-19(14-29(35)36)16-39-28(23)15-21/h3-9,11,15,19,22,27H,1-2,10,12-14,16-17H2,(H,35,36)/t19-,22-,27-/m1/s1. The summed E-state index contributed by atoms with van der Waals surface area (Å²) in [5.74, 6) is 0.591. The maximum Gasteiger partial charge on any atom is 0.417 e. The van der Waals surface area contributed by atoms with E-state index >= 15 is 0 Å². The van der Waals surface area contributed by atoms with E-state index in [9.17, 15) is 18.0 Å². The first-order chi connectivity index (χ1) is 19.3. The minimum atomic E-state index is -4.51. The highest BCUT2D eigenvalue weighted by Crippen LogP contribution is 2.47. The Balaban J connectivity index is 1.25. The monoisotopic (exact) mass is 554 g/mol. The highest BCUT2D eigenvalue weighted by molar-refractivity contribution is 5.75. The number of rotatable bonds is 8. The minimum Gasteiger partial charge on any atom is -0.492 e. The Morgan fingerprint density at radius 2 is 1.77 bits per heavy atom. The minimum absolute atomic E-state index is 0.0183. The average Bonchev–Trinajstić information content (AvgIpc) is 3.68. The molecule has 210 valence electrons. The first kappa shape index (κ1) is 26.5. The quantitative estimate of drug-likeness (QED) is 0.325. The normalized spacial score (nSPS) is 21.5. The molecule has 1 saturated heterocycles. The van der Waals surface area contributed by atoms with Crippen LogP contribution >= 0.6 is 0 Å². The van der Waals surface area contributed by atoms with Crippen molar-refractivity contribution in [3.63, 3.8) is 0 Å². The van der Waals surface area contributed by atoms with Gasteiger partial charge in [-0.05, 0) is 72.2 Å². The van der Waals surface area contributed by atoms with Crippen LogP contribution in [0.5, 0.6) is 17.2 Å². The Hall–Kier alpha value is -3.72. The van der Waals surface area contributed by atoms with Crippen molar-refractivity contribution in [1.29, 1.82) is 0 Å². The van der Waals surface area contributed by atoms with Crippen molar-refractivity contribution >= 4 is 5.97 Å². The second kappa shape index (κ2) is 10.7. The molecule has 1 N–H and O–H groups in total. The molecule has 0 amide bonds. The maximum absolute atomic E-state index is 14.1. The third-order valence-corrected chi connectivity index (χ3v) is 7.83. The molecule has 1 fully saturated rings. The number of benzene rings is 3. The van der Waals surface area contributed by atoms with Gasteiger partial charge in [-0.3, -0.25) is 4.79 Å². The molecule has 1 aliphatic carbocycles. The van der Waals surface area contributed by atoms with Crippen LogP contribution in [0.3, 0.4) is 0 Å². The number of hydrogen-bond donors (Lipinski definition) is 1. The predicted octanol–water partition coefficient (Wildman–Crippen LogP) is 6.95. The predicted molar refractivity (Wildman–Crippen MR) is 140 cm³/mol. The highest BCUT2D eigenvalue weighted by atomic mass is 19.4. The van der Waals surface area contributed by atoms with Crippen LogP contribution in [-0.4, -0.2) is 37.0 Å². The van der Waals surface area contributed by atoms with E-state index in [0.29, 0.717) is 54.4 Å². The third-order valence-electron chi connectivity index (χ3n) is 7.83. The maximum atomic E-state index is 14.1. The summed E-state index contributed by atoms with van der Waals surface area (Å²) in [4.78, 5) is 11.1. The summed E-state index contributed by atoms with van der Waals surface area (Å²) in [5, 5.41) is 9.13. The van der Waals surface area contributed by atoms with Gasteiger partial charge in [-0.15, -0.1) is 0 Å². The Bertz CT molecular complexity index is 1400. The molecule has 40 heavy (non-hydrogen) atoms. The molecule has 0 radical (unpaired) electrons. The summed E-state index contributed by atoms with van der Waals surface area (Å²) in [6.07, 6.45) is -1.98. The smallest absolute Gasteiger partial charge is 0.417 e. The summed E-state index contributed by atoms with van der Waals surface area (Å²) in [6.45, 7) is 1.44. The highest BCUT2D eigenvalue weighted by Gasteiger charge is 2.38. The van der Waals surface area contributed by atoms with Gasteiger partial charge in [-0.1, -0.05) is 24.3 Å². The van der Waals surface area contributed by atoms with Crippen molar-refractivity contribution in [2.24, 2.45) is 0 Å². The van der Waals surface area contributed by atoms with Gasteiger partial charge < -0.3 is 24.1 Å². The van der Waals surface area contributed by atoms with E-state index in [0.717, 1.165) is 36.6 Å². The summed E-state index contributed by atoms with van der Waals surface area (Å²) in [6, 6.07) is 14.7. The van der Waals surface area contributed by atoms with E-state index in [1.54, 1.807) is 36.4 Å². The van der Waals surface area contributed by atoms with Crippen molar-refractivity contribution < 1.29 is 42.0 Å². The fourth-order valence-electron chi connectivity index (χ4n) is 5.91. The zero-order valence-corrected chi connectivity index (χ0v) is 21.7. The van der Waals surface area contributed by atoms with Gasteiger partial charge in [-0.25, -0.2) is 0 Å². The van der Waals surface area contributed by atoms with Crippen molar-refractivity contribution in [3.8, 4) is 28.4 Å². The molecule has 0 spiro atoms. The van der Waals surface area contributed by atoms with Gasteiger partial charge in [0.1, 0.15) is 30.0 Å². The zero-order valence-electron chi connectivity index (χ0n) is 21.7. The number of carbonyl (C=O) groups is 1. The number of carboxylic acids is 1. The molecule has 2 aliphatic heterocycles. The first-order valence-electron chi connectivity index (χ1n) is 13.5. The Morgan fingerprint density at radius 1 is 1.00 bits per heavy atom. The summed E-state index contributed by atoms with van der Waals surface area (Å²) < 4.78 is 65.7. The molecule has 0 unspecified atom stereocenters. The van der Waals surface area contributed by atoms with Crippen molar-refractivity contribution in [2.75, 3.05) is 19.8 Å². The third kappa shape index (κ3) is 5.35. The number of carboxylic acid groups (broad SMARTS) is 1. The van der Waals surface area contributed by atoms with E-state index in [1.807, 2.05) is 6.07 Å². The summed E-state index contributed by atoms with van der Waals surface area (Å²) in [7, 11) is 0. The molecular formula is C31H29F3O6. The van der Waals surface area contributed by atoms with Crippen LogP contribution in [0.2, 0.25) is 0 Å². The van der Waals surface area contributed by atoms with Crippen molar-refractivity contribution in [2.45, 2.75) is 56.4 Å². The number of alkyl halides is 3. The number of aliphatic carboxylic acids is 1. The van der Waals surface area contributed by atoms with Crippen molar-refractivity contribution in [3.05, 3.63) is 76.9 Å². The molecule has 3 aromatic rings. The largest absolute Gasteiger partial charge is 0.492 e. The number of halogens is 3. The van der Waals surface area contributed by atoms with Crippen LogP contribution < -0.4 is 14.2 Å². The second-order valence-corrected chi connectivity index (χ2v) is 10.5. The van der Waals surface area contributed by atoms with Gasteiger partial charge >= 0.3 is 12.1 Å². The van der Waals surface area contributed by atoms with Crippen LogP contribution in [-0.2, 0) is 22.1 Å². The molecule has 9 heteroatoms. The lowest BCUT2D eigenvalue weighted by Gasteiger charge is -2.20. The molecule has 6 nitrogen and oxygen atoms in total. The van der Waals surface area contributed by atoms with Crippen LogP contribution in [0, 0.1) is 0 Å². The molecule has 6 rings (SSSR count). The van der Waals surface area contributed by atoms with Crippen LogP contribution in [0.25, 0.3) is 11.1 Å². The fraction of sp³-hybridized carbons (Fsp3) is 0.387. The SMILES string of the molecule is O=C(O)C[C@@H]1COc2cc(O[C@@H]3CCc4c3ccc(C(F)(F)F)c4-c3ccc(OC[C@H]4CCCO4)cc3)ccc21. The van der Waals surface area contributed by atoms with E-state index in [4.69, 9.17) is 24.1 Å². The molecular weight excluding hydrogens is 525 g/mol. The van der Waals surface area contributed by atoms with E-state index < -0.39 is 23.8 Å². The molecule has 0 saturated carbocycles. The zero-order chi connectivity index (χ0) is 27.9. The molecule has 2 heterocycles. The molecule has 3 aromatic carbocycles. The number of hydrogen-bond acceptors (Lipinski definition) is 5. The Labute approximate surface area is 229 Å². The van der Waals surface area contributed by atoms with Gasteiger partial charge in [0.15, 0.2) is 0 Å². The van der Waals surface area contributed by atoms with E-state index in [1.165, 1.54) is 6.07 Å². The van der Waals surface area contributed by atoms with E-state index in [2.05, 4.69) is 0 Å². The summed E-state index contributed by atoms with van der Waals surface area (Å²) >= 11 is 0. The van der Waals surface area contributed by atoms with Gasteiger partial charge in [0.2, 0.25) is 0 Å². The number of ether oxygens (including phenoxy) is 4. The lowest BCUT2D eigenvalue weighted by Crippen LogP contribution is -2.16. The van der Waals surface area contributed by atoms with Gasteiger partial charge in [0.25, 0.3) is 0 Å². The Morgan fingerprint density at radius 3 is 2.50 bits per heavy atom. The van der Waals surface area contributed by atoms with E-state index in [-0.39, 0.29) is 24.0 Å². The Kier molecular flexibility index (Phi) is 7.08. The average molecular weight is 555 g/mol. The fourth-order valence-corrected chi connectivity index (χ4v) is 5.91. The molecule has 0 aromatic heterocycles. The van der Waals surface area contributed by atoms with Crippen LogP contribution in [0.15, 0.2) is 54.6 Å². The lowest BCUT2D eigenvalue weighted by molar-refractivity contribution is -0.138. The molecule has 3 aliphatic rings. The first-order valence-corrected chi connectivity index (χ1v) is 13.5. The molecule has 3 atom stereocenters. The van der Waals surface area contributed by atoms with Gasteiger partial charge in [-0.2, -0.15) is 13.2 Å². The molecule has 0 bridgehead atoms. The van der Waals surface area contributed by atoms with Crippen molar-refractivity contribution in [1.82, 2.24) is 0 Å². The number of fused-ring (bicyclic) bond motifs is 2. The van der Waals surface area contributed by atoms with Gasteiger partial charge in [0, 0.05) is 24.2 Å².